The Bertz CT molecular complexity index is 1870. The molecule has 1 aliphatic heterocycles. The summed E-state index contributed by atoms with van der Waals surface area (Å²) in [5.41, 5.74) is 8.44. The second kappa shape index (κ2) is 12.7. The molecule has 0 spiro atoms. The fraction of sp³-hybridized carbons (Fsp3) is 0.343. The number of alkyl halides is 3. The number of carbonyl (C=O) groups excluding carboxylic acids is 1. The molecule has 46 heavy (non-hydrogen) atoms. The van der Waals surface area contributed by atoms with Gasteiger partial charge in [0.05, 0.1) is 12.0 Å². The number of hydrogen-bond acceptors (Lipinski definition) is 4. The maximum absolute atomic E-state index is 14.6. The highest BCUT2D eigenvalue weighted by Gasteiger charge is 2.36. The van der Waals surface area contributed by atoms with E-state index in [2.05, 4.69) is 64.7 Å². The van der Waals surface area contributed by atoms with Crippen molar-refractivity contribution in [2.24, 2.45) is 0 Å². The lowest BCUT2D eigenvalue weighted by molar-refractivity contribution is -0.139. The summed E-state index contributed by atoms with van der Waals surface area (Å²) < 4.78 is 55.5. The Balaban J connectivity index is 1.24. The molecule has 6 rings (SSSR count). The average Bonchev–Trinajstić information content (AvgIpc) is 3.63. The second-order valence-corrected chi connectivity index (χ2v) is 12.3. The van der Waals surface area contributed by atoms with Crippen LogP contribution in [0, 0.1) is 19.7 Å². The fourth-order valence-electron chi connectivity index (χ4n) is 6.58. The minimum Gasteiger partial charge on any atom is -0.358 e. The van der Waals surface area contributed by atoms with Crippen LogP contribution in [0.1, 0.15) is 57.5 Å². The normalized spacial score (nSPS) is 14.1. The fourth-order valence-corrected chi connectivity index (χ4v) is 6.58. The van der Waals surface area contributed by atoms with Crippen LogP contribution in [0.25, 0.3) is 22.3 Å². The molecule has 0 bridgehead atoms. The van der Waals surface area contributed by atoms with Crippen molar-refractivity contribution in [3.8, 4) is 11.3 Å². The Morgan fingerprint density at radius 3 is 2.57 bits per heavy atom. The van der Waals surface area contributed by atoms with Crippen molar-refractivity contribution < 1.29 is 22.4 Å². The summed E-state index contributed by atoms with van der Waals surface area (Å²) >= 11 is 0. The van der Waals surface area contributed by atoms with Gasteiger partial charge in [-0.2, -0.15) is 28.6 Å². The molecule has 240 valence electrons. The molecule has 3 aromatic carbocycles. The van der Waals surface area contributed by atoms with Gasteiger partial charge in [0.25, 0.3) is 0 Å². The van der Waals surface area contributed by atoms with Crippen LogP contribution in [0.3, 0.4) is 0 Å². The predicted octanol–water partition coefficient (Wildman–Crippen LogP) is 6.79. The third-order valence-corrected chi connectivity index (χ3v) is 8.75. The lowest BCUT2D eigenvalue weighted by Gasteiger charge is -2.29. The van der Waals surface area contributed by atoms with Gasteiger partial charge in [0.2, 0.25) is 5.91 Å². The molecule has 1 aliphatic rings. The van der Waals surface area contributed by atoms with E-state index in [9.17, 15) is 22.4 Å². The standard InChI is InChI=1S/C35H36F4N6O/c1-20-13-21(2)15-24(14-20)34-33(22(3)18-40-11-9-23-7-8-30-31(16-23)43-44-42-30)26-19-45(12-10-29(26)41-34)32(46)17-25-27(35(37,38)39)5-4-6-28(25)36/h4-8,13-16,22,40-41H,9-12,17-19H2,1-3H3,(H,42,43,44)/t22-/m1/s1. The number of hydrogen-bond donors (Lipinski definition) is 3. The Morgan fingerprint density at radius 2 is 1.80 bits per heavy atom. The summed E-state index contributed by atoms with van der Waals surface area (Å²) in [6.45, 7) is 8.23. The number of amides is 1. The van der Waals surface area contributed by atoms with E-state index in [4.69, 9.17) is 0 Å². The largest absolute Gasteiger partial charge is 0.416 e. The van der Waals surface area contributed by atoms with Crippen molar-refractivity contribution in [1.29, 1.82) is 0 Å². The molecule has 7 nitrogen and oxygen atoms in total. The highest BCUT2D eigenvalue weighted by Crippen LogP contribution is 2.38. The first-order chi connectivity index (χ1) is 22.0. The van der Waals surface area contributed by atoms with Crippen molar-refractivity contribution in [2.45, 2.75) is 58.7 Å². The topological polar surface area (TPSA) is 89.7 Å². The van der Waals surface area contributed by atoms with Gasteiger partial charge < -0.3 is 15.2 Å². The van der Waals surface area contributed by atoms with E-state index >= 15 is 0 Å². The molecule has 0 saturated carbocycles. The number of benzene rings is 3. The van der Waals surface area contributed by atoms with E-state index in [0.29, 0.717) is 19.5 Å². The quantitative estimate of drug-likeness (QED) is 0.123. The van der Waals surface area contributed by atoms with Crippen molar-refractivity contribution >= 4 is 16.9 Å². The zero-order chi connectivity index (χ0) is 32.6. The van der Waals surface area contributed by atoms with E-state index in [1.54, 1.807) is 4.90 Å². The van der Waals surface area contributed by atoms with Crippen molar-refractivity contribution in [1.82, 2.24) is 30.6 Å². The number of nitrogens with zero attached hydrogens (tertiary/aromatic N) is 3. The van der Waals surface area contributed by atoms with Gasteiger partial charge in [-0.15, -0.1) is 0 Å². The van der Waals surface area contributed by atoms with Crippen LogP contribution in [-0.2, 0) is 36.8 Å². The number of fused-ring (bicyclic) bond motifs is 2. The molecule has 0 unspecified atom stereocenters. The molecule has 3 heterocycles. The molecular weight excluding hydrogens is 596 g/mol. The number of rotatable bonds is 9. The van der Waals surface area contributed by atoms with Crippen LogP contribution >= 0.6 is 0 Å². The molecule has 0 aliphatic carbocycles. The van der Waals surface area contributed by atoms with Crippen LogP contribution in [0.2, 0.25) is 0 Å². The third kappa shape index (κ3) is 6.55. The van der Waals surface area contributed by atoms with Crippen LogP contribution in [0.4, 0.5) is 17.6 Å². The Kier molecular flexibility index (Phi) is 8.69. The first kappa shape index (κ1) is 31.5. The Hall–Kier alpha value is -4.51. The van der Waals surface area contributed by atoms with Gasteiger partial charge in [-0.1, -0.05) is 36.2 Å². The number of halogens is 4. The first-order valence-corrected chi connectivity index (χ1v) is 15.4. The zero-order valence-corrected chi connectivity index (χ0v) is 26.0. The number of aryl methyl sites for hydroxylation is 2. The maximum atomic E-state index is 14.6. The van der Waals surface area contributed by atoms with Gasteiger partial charge in [-0.25, -0.2) is 4.39 Å². The number of aromatic nitrogens is 4. The van der Waals surface area contributed by atoms with Crippen molar-refractivity contribution in [3.63, 3.8) is 0 Å². The van der Waals surface area contributed by atoms with Crippen LogP contribution < -0.4 is 5.32 Å². The summed E-state index contributed by atoms with van der Waals surface area (Å²) in [4.78, 5) is 18.6. The van der Waals surface area contributed by atoms with E-state index < -0.39 is 35.4 Å². The molecule has 3 N–H and O–H groups in total. The monoisotopic (exact) mass is 632 g/mol. The molecule has 1 amide bonds. The third-order valence-electron chi connectivity index (χ3n) is 8.75. The summed E-state index contributed by atoms with van der Waals surface area (Å²) in [6, 6.07) is 15.2. The van der Waals surface area contributed by atoms with E-state index in [-0.39, 0.29) is 12.5 Å². The predicted molar refractivity (Wildman–Crippen MR) is 169 cm³/mol. The number of aromatic amines is 2. The minimum atomic E-state index is -4.76. The summed E-state index contributed by atoms with van der Waals surface area (Å²) in [7, 11) is 0. The number of carbonyl (C=O) groups is 1. The van der Waals surface area contributed by atoms with Gasteiger partial charge in [-0.3, -0.25) is 4.79 Å². The lowest BCUT2D eigenvalue weighted by atomic mass is 9.90. The molecule has 1 atom stereocenters. The van der Waals surface area contributed by atoms with E-state index in [0.717, 1.165) is 87.0 Å². The van der Waals surface area contributed by atoms with Crippen LogP contribution in [0.5, 0.6) is 0 Å². The first-order valence-electron chi connectivity index (χ1n) is 15.4. The smallest absolute Gasteiger partial charge is 0.358 e. The lowest BCUT2D eigenvalue weighted by Crippen LogP contribution is -2.37. The Labute approximate surface area is 264 Å². The van der Waals surface area contributed by atoms with Gasteiger partial charge in [0.15, 0.2) is 0 Å². The maximum Gasteiger partial charge on any atom is 0.416 e. The van der Waals surface area contributed by atoms with E-state index in [1.807, 2.05) is 18.2 Å². The SMILES string of the molecule is Cc1cc(C)cc(-c2[nH]c3c(c2[C@H](C)CNCCc2ccc4n[nH]nc4c2)CN(C(=O)Cc2c(F)cccc2C(F)(F)F)CC3)c1. The van der Waals surface area contributed by atoms with Gasteiger partial charge in [0, 0.05) is 43.0 Å². The molecule has 0 radical (unpaired) electrons. The van der Waals surface area contributed by atoms with Gasteiger partial charge in [-0.05, 0) is 91.4 Å². The second-order valence-electron chi connectivity index (χ2n) is 12.3. The van der Waals surface area contributed by atoms with Gasteiger partial charge in [0.1, 0.15) is 16.9 Å². The molecule has 2 aromatic heterocycles. The average molecular weight is 633 g/mol. The molecule has 5 aromatic rings. The summed E-state index contributed by atoms with van der Waals surface area (Å²) in [6.07, 6.45) is -4.08. The minimum absolute atomic E-state index is 0.0484. The van der Waals surface area contributed by atoms with Crippen molar-refractivity contribution in [2.75, 3.05) is 19.6 Å². The molecule has 0 fully saturated rings. The number of nitrogens with one attached hydrogen (secondary N) is 3. The van der Waals surface area contributed by atoms with Crippen LogP contribution in [-0.4, -0.2) is 50.8 Å². The molecule has 11 heteroatoms. The van der Waals surface area contributed by atoms with Crippen LogP contribution in [0.15, 0.2) is 54.6 Å². The number of H-pyrrole nitrogens is 2. The summed E-state index contributed by atoms with van der Waals surface area (Å²) in [5, 5.41) is 14.5. The van der Waals surface area contributed by atoms with Gasteiger partial charge >= 0.3 is 6.18 Å². The highest BCUT2D eigenvalue weighted by atomic mass is 19.4. The molecular formula is C35H36F4N6O. The zero-order valence-electron chi connectivity index (χ0n) is 26.0. The Morgan fingerprint density at radius 1 is 1.04 bits per heavy atom. The molecule has 0 saturated heterocycles. The van der Waals surface area contributed by atoms with Crippen molar-refractivity contribution in [3.05, 3.63) is 105 Å². The summed E-state index contributed by atoms with van der Waals surface area (Å²) in [5.74, 6) is -1.51. The highest BCUT2D eigenvalue weighted by molar-refractivity contribution is 5.80. The van der Waals surface area contributed by atoms with E-state index in [1.165, 1.54) is 0 Å².